The van der Waals surface area contributed by atoms with Crippen molar-refractivity contribution in [2.24, 2.45) is 5.73 Å². The third-order valence-electron chi connectivity index (χ3n) is 5.31. The first kappa shape index (κ1) is 19.2. The SMILES string of the molecule is NC(=O)Oc1cccc2[nH]c(C3CCN(CCc4ccc(I)cc4)CC3)nc12. The van der Waals surface area contributed by atoms with Crippen molar-refractivity contribution in [3.8, 4) is 5.75 Å². The number of hydrogen-bond donors (Lipinski definition) is 2. The Bertz CT molecular complexity index is 962. The number of ether oxygens (including phenoxy) is 1. The first-order valence-electron chi connectivity index (χ1n) is 9.51. The zero-order valence-electron chi connectivity index (χ0n) is 15.5. The van der Waals surface area contributed by atoms with E-state index in [0.29, 0.717) is 17.2 Å². The van der Waals surface area contributed by atoms with Crippen molar-refractivity contribution in [1.82, 2.24) is 14.9 Å². The monoisotopic (exact) mass is 490 g/mol. The predicted molar refractivity (Wildman–Crippen MR) is 118 cm³/mol. The van der Waals surface area contributed by atoms with Gasteiger partial charge in [0.1, 0.15) is 11.3 Å². The summed E-state index contributed by atoms with van der Waals surface area (Å²) in [7, 11) is 0. The molecule has 1 aliphatic heterocycles. The molecule has 0 saturated carbocycles. The molecule has 2 aromatic carbocycles. The van der Waals surface area contributed by atoms with Crippen LogP contribution in [0.2, 0.25) is 0 Å². The number of nitrogens with zero attached hydrogens (tertiary/aromatic N) is 2. The van der Waals surface area contributed by atoms with Gasteiger partial charge in [0.05, 0.1) is 5.52 Å². The van der Waals surface area contributed by atoms with Crippen LogP contribution in [0.3, 0.4) is 0 Å². The van der Waals surface area contributed by atoms with Crippen LogP contribution in [0, 0.1) is 3.57 Å². The van der Waals surface area contributed by atoms with E-state index in [1.807, 2.05) is 12.1 Å². The van der Waals surface area contributed by atoms with Crippen LogP contribution in [0.4, 0.5) is 4.79 Å². The molecule has 1 fully saturated rings. The van der Waals surface area contributed by atoms with E-state index in [1.165, 1.54) is 9.13 Å². The molecule has 0 aliphatic carbocycles. The van der Waals surface area contributed by atoms with E-state index >= 15 is 0 Å². The van der Waals surface area contributed by atoms with Crippen molar-refractivity contribution in [2.45, 2.75) is 25.2 Å². The average molecular weight is 490 g/mol. The minimum Gasteiger partial charge on any atom is -0.408 e. The number of nitrogens with two attached hydrogens (primary N) is 1. The lowest BCUT2D eigenvalue weighted by Gasteiger charge is -2.31. The van der Waals surface area contributed by atoms with Crippen LogP contribution in [-0.4, -0.2) is 40.6 Å². The number of hydrogen-bond acceptors (Lipinski definition) is 4. The summed E-state index contributed by atoms with van der Waals surface area (Å²) >= 11 is 2.34. The van der Waals surface area contributed by atoms with E-state index < -0.39 is 6.09 Å². The number of H-pyrrole nitrogens is 1. The molecular formula is C21H23IN4O2. The molecule has 0 bridgehead atoms. The largest absolute Gasteiger partial charge is 0.410 e. The molecular weight excluding hydrogens is 467 g/mol. The standard InChI is InChI=1S/C21H23IN4O2/c22-16-6-4-14(5-7-16)8-11-26-12-9-15(10-13-26)20-24-17-2-1-3-18(19(17)25-20)28-21(23)27/h1-7,15H,8-13H2,(H2,23,27)(H,24,25). The van der Waals surface area contributed by atoms with Crippen LogP contribution in [0.15, 0.2) is 42.5 Å². The molecule has 7 heteroatoms. The third kappa shape index (κ3) is 4.47. The van der Waals surface area contributed by atoms with Gasteiger partial charge in [-0.05, 0) is 84.8 Å². The van der Waals surface area contributed by atoms with Crippen LogP contribution >= 0.6 is 22.6 Å². The number of aromatic nitrogens is 2. The summed E-state index contributed by atoms with van der Waals surface area (Å²) in [5, 5.41) is 0. The Hall–Kier alpha value is -2.13. The van der Waals surface area contributed by atoms with Crippen molar-refractivity contribution in [1.29, 1.82) is 0 Å². The molecule has 3 aromatic rings. The van der Waals surface area contributed by atoms with Gasteiger partial charge in [-0.3, -0.25) is 0 Å². The molecule has 2 heterocycles. The molecule has 0 atom stereocenters. The lowest BCUT2D eigenvalue weighted by molar-refractivity contribution is 0.211. The Kier molecular flexibility index (Phi) is 5.82. The normalized spacial score (nSPS) is 15.8. The third-order valence-corrected chi connectivity index (χ3v) is 6.03. The van der Waals surface area contributed by atoms with E-state index in [4.69, 9.17) is 15.5 Å². The summed E-state index contributed by atoms with van der Waals surface area (Å²) in [4.78, 5) is 21.7. The highest BCUT2D eigenvalue weighted by Gasteiger charge is 2.23. The number of likely N-dealkylation sites (tertiary alicyclic amines) is 1. The molecule has 146 valence electrons. The van der Waals surface area contributed by atoms with Gasteiger partial charge >= 0.3 is 6.09 Å². The van der Waals surface area contributed by atoms with Gasteiger partial charge in [0, 0.05) is 16.0 Å². The second-order valence-electron chi connectivity index (χ2n) is 7.19. The van der Waals surface area contributed by atoms with Gasteiger partial charge in [0.15, 0.2) is 5.75 Å². The highest BCUT2D eigenvalue weighted by atomic mass is 127. The van der Waals surface area contributed by atoms with Crippen molar-refractivity contribution >= 4 is 39.7 Å². The van der Waals surface area contributed by atoms with E-state index in [2.05, 4.69) is 56.7 Å². The predicted octanol–water partition coefficient (Wildman–Crippen LogP) is 4.05. The lowest BCUT2D eigenvalue weighted by atomic mass is 9.96. The Morgan fingerprint density at radius 1 is 1.21 bits per heavy atom. The van der Waals surface area contributed by atoms with Crippen molar-refractivity contribution < 1.29 is 9.53 Å². The highest BCUT2D eigenvalue weighted by molar-refractivity contribution is 14.1. The molecule has 1 saturated heterocycles. The van der Waals surface area contributed by atoms with Gasteiger partial charge in [-0.2, -0.15) is 0 Å². The number of amides is 1. The number of benzene rings is 2. The number of fused-ring (bicyclic) bond motifs is 1. The average Bonchev–Trinajstić information content (AvgIpc) is 3.13. The Morgan fingerprint density at radius 3 is 2.68 bits per heavy atom. The topological polar surface area (TPSA) is 84.2 Å². The summed E-state index contributed by atoms with van der Waals surface area (Å²) in [6.07, 6.45) is 2.40. The quantitative estimate of drug-likeness (QED) is 0.529. The number of piperidine rings is 1. The number of imidazole rings is 1. The molecule has 1 aliphatic rings. The molecule has 1 amide bonds. The van der Waals surface area contributed by atoms with E-state index in [9.17, 15) is 4.79 Å². The molecule has 0 radical (unpaired) electrons. The number of nitrogens with one attached hydrogen (secondary N) is 1. The molecule has 3 N–H and O–H groups in total. The maximum absolute atomic E-state index is 11.1. The number of rotatable bonds is 5. The highest BCUT2D eigenvalue weighted by Crippen LogP contribution is 2.30. The maximum Gasteiger partial charge on any atom is 0.410 e. The fourth-order valence-electron chi connectivity index (χ4n) is 3.78. The number of carbonyl (C=O) groups excluding carboxylic acids is 1. The first-order chi connectivity index (χ1) is 13.6. The van der Waals surface area contributed by atoms with Crippen LogP contribution in [-0.2, 0) is 6.42 Å². The second-order valence-corrected chi connectivity index (χ2v) is 8.43. The molecule has 28 heavy (non-hydrogen) atoms. The summed E-state index contributed by atoms with van der Waals surface area (Å²) < 4.78 is 6.35. The Balaban J connectivity index is 1.37. The number of aromatic amines is 1. The minimum atomic E-state index is -0.821. The fraction of sp³-hybridized carbons (Fsp3) is 0.333. The molecule has 1 aromatic heterocycles. The summed E-state index contributed by atoms with van der Waals surface area (Å²) in [5.41, 5.74) is 8.08. The van der Waals surface area contributed by atoms with Crippen LogP contribution in [0.1, 0.15) is 30.1 Å². The van der Waals surface area contributed by atoms with Crippen LogP contribution in [0.25, 0.3) is 11.0 Å². The smallest absolute Gasteiger partial charge is 0.408 e. The van der Waals surface area contributed by atoms with E-state index in [-0.39, 0.29) is 0 Å². The Labute approximate surface area is 177 Å². The fourth-order valence-corrected chi connectivity index (χ4v) is 4.14. The first-order valence-corrected chi connectivity index (χ1v) is 10.6. The second kappa shape index (κ2) is 8.48. The number of carbonyl (C=O) groups is 1. The van der Waals surface area contributed by atoms with Gasteiger partial charge in [-0.25, -0.2) is 9.78 Å². The number of primary amides is 1. The zero-order valence-corrected chi connectivity index (χ0v) is 17.7. The van der Waals surface area contributed by atoms with Gasteiger partial charge < -0.3 is 20.4 Å². The molecule has 0 unspecified atom stereocenters. The lowest BCUT2D eigenvalue weighted by Crippen LogP contribution is -2.34. The molecule has 4 rings (SSSR count). The van der Waals surface area contributed by atoms with Gasteiger partial charge in [0.25, 0.3) is 0 Å². The van der Waals surface area contributed by atoms with Gasteiger partial charge in [-0.1, -0.05) is 18.2 Å². The number of halogens is 1. The van der Waals surface area contributed by atoms with Crippen molar-refractivity contribution in [3.63, 3.8) is 0 Å². The Morgan fingerprint density at radius 2 is 1.96 bits per heavy atom. The van der Waals surface area contributed by atoms with Gasteiger partial charge in [0.2, 0.25) is 0 Å². The van der Waals surface area contributed by atoms with E-state index in [1.54, 1.807) is 6.07 Å². The summed E-state index contributed by atoms with van der Waals surface area (Å²) in [5.74, 6) is 1.76. The minimum absolute atomic E-state index is 0.392. The van der Waals surface area contributed by atoms with Gasteiger partial charge in [-0.15, -0.1) is 0 Å². The molecule has 0 spiro atoms. The molecule has 6 nitrogen and oxygen atoms in total. The zero-order chi connectivity index (χ0) is 19.5. The van der Waals surface area contributed by atoms with Crippen LogP contribution in [0.5, 0.6) is 5.75 Å². The van der Waals surface area contributed by atoms with E-state index in [0.717, 1.165) is 50.2 Å². The number of para-hydroxylation sites is 1. The summed E-state index contributed by atoms with van der Waals surface area (Å²) in [6, 6.07) is 14.2. The maximum atomic E-state index is 11.1. The van der Waals surface area contributed by atoms with Crippen molar-refractivity contribution in [3.05, 3.63) is 57.4 Å². The van der Waals surface area contributed by atoms with Crippen LogP contribution < -0.4 is 10.5 Å². The van der Waals surface area contributed by atoms with Crippen molar-refractivity contribution in [2.75, 3.05) is 19.6 Å². The summed E-state index contributed by atoms with van der Waals surface area (Å²) in [6.45, 7) is 3.22.